The molecule has 1 N–H and O–H groups in total. The number of rotatable bonds is 15. The molecular weight excluding hydrogens is 538 g/mol. The molecule has 3 aromatic carbocycles. The number of ether oxygens (including phenoxy) is 1. The van der Waals surface area contributed by atoms with Gasteiger partial charge in [-0.3, -0.25) is 13.9 Å². The lowest BCUT2D eigenvalue weighted by atomic mass is 10.1. The lowest BCUT2D eigenvalue weighted by molar-refractivity contribution is -0.139. The van der Waals surface area contributed by atoms with Gasteiger partial charge in [0.25, 0.3) is 10.0 Å². The molecule has 0 radical (unpaired) electrons. The Labute approximate surface area is 244 Å². The molecule has 0 aliphatic rings. The summed E-state index contributed by atoms with van der Waals surface area (Å²) < 4.78 is 34.6. The molecule has 0 saturated carbocycles. The molecule has 0 aliphatic carbocycles. The van der Waals surface area contributed by atoms with E-state index in [9.17, 15) is 18.0 Å². The third-order valence-corrected chi connectivity index (χ3v) is 8.72. The molecule has 220 valence electrons. The molecule has 1 atom stereocenters. The Hall–Kier alpha value is -3.85. The van der Waals surface area contributed by atoms with Crippen molar-refractivity contribution in [2.45, 2.75) is 57.4 Å². The van der Waals surface area contributed by atoms with Gasteiger partial charge < -0.3 is 15.0 Å². The van der Waals surface area contributed by atoms with Crippen LogP contribution < -0.4 is 14.4 Å². The Balaban J connectivity index is 2.02. The molecule has 0 spiro atoms. The molecule has 2 amide bonds. The van der Waals surface area contributed by atoms with Crippen molar-refractivity contribution >= 4 is 27.5 Å². The van der Waals surface area contributed by atoms with Crippen LogP contribution in [0.3, 0.4) is 0 Å². The Morgan fingerprint density at radius 3 is 2.22 bits per heavy atom. The molecule has 9 heteroatoms. The number of anilines is 1. The molecule has 0 bridgehead atoms. The highest BCUT2D eigenvalue weighted by molar-refractivity contribution is 7.92. The van der Waals surface area contributed by atoms with Gasteiger partial charge in [-0.1, -0.05) is 80.4 Å². The maximum atomic E-state index is 14.1. The van der Waals surface area contributed by atoms with E-state index in [4.69, 9.17) is 4.74 Å². The Morgan fingerprint density at radius 1 is 0.927 bits per heavy atom. The first kappa shape index (κ1) is 31.7. The molecule has 0 heterocycles. The van der Waals surface area contributed by atoms with Gasteiger partial charge in [-0.25, -0.2) is 8.42 Å². The number of aryl methyl sites for hydroxylation is 1. The van der Waals surface area contributed by atoms with Crippen molar-refractivity contribution in [3.63, 3.8) is 0 Å². The van der Waals surface area contributed by atoms with E-state index in [0.29, 0.717) is 25.1 Å². The van der Waals surface area contributed by atoms with Crippen molar-refractivity contribution in [1.82, 2.24) is 10.2 Å². The van der Waals surface area contributed by atoms with Crippen molar-refractivity contribution in [3.05, 3.63) is 90.0 Å². The quantitative estimate of drug-likeness (QED) is 0.257. The first-order valence-corrected chi connectivity index (χ1v) is 15.5. The number of hydrogen-bond donors (Lipinski definition) is 1. The lowest BCUT2D eigenvalue weighted by Crippen LogP contribution is -2.53. The number of methoxy groups -OCH3 is 1. The number of carbonyl (C=O) groups excluding carboxylic acids is 2. The minimum Gasteiger partial charge on any atom is -0.495 e. The summed E-state index contributed by atoms with van der Waals surface area (Å²) in [6.07, 6.45) is 2.66. The first-order chi connectivity index (χ1) is 19.7. The summed E-state index contributed by atoms with van der Waals surface area (Å²) in [5.74, 6) is -0.399. The zero-order valence-electron chi connectivity index (χ0n) is 24.4. The molecule has 1 unspecified atom stereocenters. The van der Waals surface area contributed by atoms with Crippen LogP contribution in [0.5, 0.6) is 5.75 Å². The van der Waals surface area contributed by atoms with Crippen molar-refractivity contribution in [2.24, 2.45) is 0 Å². The number of sulfonamides is 1. The van der Waals surface area contributed by atoms with Crippen LogP contribution in [0.25, 0.3) is 0 Å². The van der Waals surface area contributed by atoms with Gasteiger partial charge in [0, 0.05) is 13.1 Å². The van der Waals surface area contributed by atoms with Crippen LogP contribution in [0.2, 0.25) is 0 Å². The fourth-order valence-electron chi connectivity index (χ4n) is 4.59. The summed E-state index contributed by atoms with van der Waals surface area (Å²) in [5, 5.41) is 2.95. The van der Waals surface area contributed by atoms with Gasteiger partial charge in [0.05, 0.1) is 17.7 Å². The maximum Gasteiger partial charge on any atom is 0.264 e. The predicted octanol–water partition coefficient (Wildman–Crippen LogP) is 4.97. The van der Waals surface area contributed by atoms with E-state index >= 15 is 0 Å². The van der Waals surface area contributed by atoms with E-state index in [1.807, 2.05) is 51.1 Å². The van der Waals surface area contributed by atoms with E-state index in [-0.39, 0.29) is 23.0 Å². The molecule has 3 rings (SSSR count). The number of nitrogens with one attached hydrogen (secondary N) is 1. The van der Waals surface area contributed by atoms with Crippen molar-refractivity contribution in [2.75, 3.05) is 31.0 Å². The van der Waals surface area contributed by atoms with Crippen LogP contribution in [0.15, 0.2) is 83.8 Å². The smallest absolute Gasteiger partial charge is 0.264 e. The molecule has 0 aromatic heterocycles. The third kappa shape index (κ3) is 8.33. The average Bonchev–Trinajstić information content (AvgIpc) is 2.98. The highest BCUT2D eigenvalue weighted by Gasteiger charge is 2.34. The standard InChI is InChI=1S/C32H41N3O5S/c1-5-7-22-33-32(37)28(6-2)34(23-21-26-13-9-8-10-14-26)31(36)24-35(29-15-11-12-16-30(29)40-4)41(38,39)27-19-17-25(3)18-20-27/h8-20,28H,5-7,21-24H2,1-4H3,(H,33,37). The Bertz CT molecular complexity index is 1380. The monoisotopic (exact) mass is 579 g/mol. The minimum absolute atomic E-state index is 0.0574. The number of carbonyl (C=O) groups is 2. The number of unbranched alkanes of at least 4 members (excludes halogenated alkanes) is 1. The number of benzene rings is 3. The fraction of sp³-hybridized carbons (Fsp3) is 0.375. The van der Waals surface area contributed by atoms with Gasteiger partial charge in [0.1, 0.15) is 18.3 Å². The van der Waals surface area contributed by atoms with Crippen molar-refractivity contribution in [1.29, 1.82) is 0 Å². The van der Waals surface area contributed by atoms with E-state index < -0.39 is 28.5 Å². The van der Waals surface area contributed by atoms with E-state index in [0.717, 1.165) is 28.3 Å². The summed E-state index contributed by atoms with van der Waals surface area (Å²) in [5.41, 5.74) is 2.17. The van der Waals surface area contributed by atoms with Gasteiger partial charge in [0.2, 0.25) is 11.8 Å². The van der Waals surface area contributed by atoms with Crippen LogP contribution in [-0.4, -0.2) is 57.9 Å². The van der Waals surface area contributed by atoms with Crippen LogP contribution in [0, 0.1) is 6.92 Å². The first-order valence-electron chi connectivity index (χ1n) is 14.1. The van der Waals surface area contributed by atoms with Crippen LogP contribution in [-0.2, 0) is 26.0 Å². The van der Waals surface area contributed by atoms with Crippen molar-refractivity contribution < 1.29 is 22.7 Å². The second-order valence-electron chi connectivity index (χ2n) is 9.89. The predicted molar refractivity (Wildman–Crippen MR) is 163 cm³/mol. The highest BCUT2D eigenvalue weighted by atomic mass is 32.2. The molecule has 0 aliphatic heterocycles. The number of amides is 2. The zero-order valence-corrected chi connectivity index (χ0v) is 25.2. The normalized spacial score (nSPS) is 11.9. The number of nitrogens with zero attached hydrogens (tertiary/aromatic N) is 2. The second-order valence-corrected chi connectivity index (χ2v) is 11.8. The average molecular weight is 580 g/mol. The van der Waals surface area contributed by atoms with Gasteiger partial charge in [-0.2, -0.15) is 0 Å². The van der Waals surface area contributed by atoms with Crippen molar-refractivity contribution in [3.8, 4) is 5.75 Å². The highest BCUT2D eigenvalue weighted by Crippen LogP contribution is 2.32. The van der Waals surface area contributed by atoms with Gasteiger partial charge >= 0.3 is 0 Å². The summed E-state index contributed by atoms with van der Waals surface area (Å²) in [7, 11) is -2.71. The fourth-order valence-corrected chi connectivity index (χ4v) is 6.01. The van der Waals surface area contributed by atoms with Crippen LogP contribution in [0.4, 0.5) is 5.69 Å². The minimum atomic E-state index is -4.16. The third-order valence-electron chi connectivity index (χ3n) is 6.94. The SMILES string of the molecule is CCCCNC(=O)C(CC)N(CCc1ccccc1)C(=O)CN(c1ccccc1OC)S(=O)(=O)c1ccc(C)cc1. The largest absolute Gasteiger partial charge is 0.495 e. The maximum absolute atomic E-state index is 14.1. The Kier molecular flexibility index (Phi) is 11.8. The molecule has 3 aromatic rings. The molecular formula is C32H41N3O5S. The summed E-state index contributed by atoms with van der Waals surface area (Å²) in [6, 6.07) is 22.1. The van der Waals surface area contributed by atoms with Crippen LogP contribution >= 0.6 is 0 Å². The Morgan fingerprint density at radius 2 is 1.59 bits per heavy atom. The molecule has 0 saturated heterocycles. The summed E-state index contributed by atoms with van der Waals surface area (Å²) in [4.78, 5) is 28.9. The molecule has 0 fully saturated rings. The second kappa shape index (κ2) is 15.2. The van der Waals surface area contributed by atoms with E-state index in [1.54, 1.807) is 36.4 Å². The number of para-hydroxylation sites is 2. The number of hydrogen-bond acceptors (Lipinski definition) is 5. The lowest BCUT2D eigenvalue weighted by Gasteiger charge is -2.33. The van der Waals surface area contributed by atoms with E-state index in [2.05, 4.69) is 5.32 Å². The van der Waals surface area contributed by atoms with Gasteiger partial charge in [-0.05, 0) is 56.0 Å². The van der Waals surface area contributed by atoms with Gasteiger partial charge in [-0.15, -0.1) is 0 Å². The summed E-state index contributed by atoms with van der Waals surface area (Å²) >= 11 is 0. The zero-order chi connectivity index (χ0) is 29.8. The topological polar surface area (TPSA) is 96.0 Å². The van der Waals surface area contributed by atoms with E-state index in [1.165, 1.54) is 24.1 Å². The summed E-state index contributed by atoms with van der Waals surface area (Å²) in [6.45, 7) is 6.05. The van der Waals surface area contributed by atoms with Crippen LogP contribution in [0.1, 0.15) is 44.2 Å². The van der Waals surface area contributed by atoms with Gasteiger partial charge in [0.15, 0.2) is 0 Å². The molecule has 41 heavy (non-hydrogen) atoms. The molecule has 8 nitrogen and oxygen atoms in total.